The van der Waals surface area contributed by atoms with Crippen molar-refractivity contribution in [3.63, 3.8) is 0 Å². The number of aromatic nitrogens is 1. The molecule has 0 saturated carbocycles. The summed E-state index contributed by atoms with van der Waals surface area (Å²) in [4.78, 5) is 23.1. The second-order valence-corrected chi connectivity index (χ2v) is 4.68. The normalized spacial score (nSPS) is 12.5. The highest BCUT2D eigenvalue weighted by molar-refractivity contribution is 6.39. The molecular formula is C14H12F3N3O4. The number of amides is 2. The van der Waals surface area contributed by atoms with Crippen LogP contribution in [0.4, 0.5) is 19.0 Å². The van der Waals surface area contributed by atoms with Crippen LogP contribution in [0, 0.1) is 0 Å². The third-order valence-corrected chi connectivity index (χ3v) is 2.96. The molecule has 128 valence electrons. The van der Waals surface area contributed by atoms with Gasteiger partial charge in [-0.25, -0.2) is 0 Å². The van der Waals surface area contributed by atoms with Crippen molar-refractivity contribution in [2.45, 2.75) is 12.3 Å². The molecule has 1 atom stereocenters. The highest BCUT2D eigenvalue weighted by Gasteiger charge is 2.30. The first-order valence-electron chi connectivity index (χ1n) is 6.62. The van der Waals surface area contributed by atoms with Crippen LogP contribution in [0.25, 0.3) is 0 Å². The van der Waals surface area contributed by atoms with Crippen LogP contribution in [0.1, 0.15) is 17.2 Å². The summed E-state index contributed by atoms with van der Waals surface area (Å²) in [5.41, 5.74) is -0.685. The van der Waals surface area contributed by atoms with E-state index in [-0.39, 0.29) is 17.9 Å². The molecular weight excluding hydrogens is 331 g/mol. The van der Waals surface area contributed by atoms with Crippen molar-refractivity contribution in [2.75, 3.05) is 11.9 Å². The number of nitrogens with one attached hydrogen (secondary N) is 2. The highest BCUT2D eigenvalue weighted by atomic mass is 19.4. The van der Waals surface area contributed by atoms with Gasteiger partial charge in [-0.05, 0) is 17.7 Å². The van der Waals surface area contributed by atoms with Crippen LogP contribution in [-0.2, 0) is 15.8 Å². The lowest BCUT2D eigenvalue weighted by Gasteiger charge is -2.13. The minimum absolute atomic E-state index is 0.0402. The van der Waals surface area contributed by atoms with Crippen molar-refractivity contribution in [3.8, 4) is 0 Å². The Labute approximate surface area is 133 Å². The van der Waals surface area contributed by atoms with Crippen LogP contribution in [-0.4, -0.2) is 28.6 Å². The van der Waals surface area contributed by atoms with E-state index in [0.29, 0.717) is 0 Å². The molecule has 0 unspecified atom stereocenters. The molecule has 0 aliphatic carbocycles. The third kappa shape index (κ3) is 4.56. The van der Waals surface area contributed by atoms with Crippen LogP contribution < -0.4 is 10.6 Å². The van der Waals surface area contributed by atoms with Crippen LogP contribution in [0.5, 0.6) is 0 Å². The van der Waals surface area contributed by atoms with Gasteiger partial charge >= 0.3 is 18.0 Å². The van der Waals surface area contributed by atoms with Gasteiger partial charge in [-0.15, -0.1) is 0 Å². The monoisotopic (exact) mass is 343 g/mol. The summed E-state index contributed by atoms with van der Waals surface area (Å²) >= 11 is 0. The number of rotatable bonds is 4. The molecule has 1 aromatic heterocycles. The summed E-state index contributed by atoms with van der Waals surface area (Å²) in [6.07, 6.45) is -4.55. The summed E-state index contributed by atoms with van der Waals surface area (Å²) in [7, 11) is 0. The summed E-state index contributed by atoms with van der Waals surface area (Å²) in [6, 6.07) is 5.14. The zero-order valence-electron chi connectivity index (χ0n) is 12.0. The lowest BCUT2D eigenvalue weighted by atomic mass is 10.1. The molecule has 1 aromatic carbocycles. The number of benzene rings is 1. The Bertz CT molecular complexity index is 699. The highest BCUT2D eigenvalue weighted by Crippen LogP contribution is 2.29. The Morgan fingerprint density at radius 2 is 1.83 bits per heavy atom. The first-order chi connectivity index (χ1) is 11.3. The van der Waals surface area contributed by atoms with Crippen LogP contribution >= 0.6 is 0 Å². The molecule has 0 saturated heterocycles. The van der Waals surface area contributed by atoms with Crippen LogP contribution in [0.2, 0.25) is 0 Å². The van der Waals surface area contributed by atoms with E-state index in [1.807, 2.05) is 0 Å². The molecule has 0 radical (unpaired) electrons. The first-order valence-corrected chi connectivity index (χ1v) is 6.62. The Kier molecular flexibility index (Phi) is 5.19. The van der Waals surface area contributed by atoms with Crippen molar-refractivity contribution < 1.29 is 32.4 Å². The van der Waals surface area contributed by atoms with Gasteiger partial charge in [0.25, 0.3) is 0 Å². The first kappa shape index (κ1) is 17.5. The molecule has 10 heteroatoms. The lowest BCUT2D eigenvalue weighted by molar-refractivity contribution is -0.137. The smallest absolute Gasteiger partial charge is 0.387 e. The number of carbonyl (C=O) groups is 2. The maximum absolute atomic E-state index is 12.4. The maximum Gasteiger partial charge on any atom is 0.416 e. The standard InChI is InChI=1S/C14H12F3N3O4/c15-14(16,17)9-3-1-8(2-4-9)10(21)7-18-12(22)13(23)19-11-5-6-24-20-11/h1-6,10,21H,7H2,(H,18,22)(H,19,20,23)/t10-/m1/s1. The number of aliphatic hydroxyl groups is 1. The van der Waals surface area contributed by atoms with Gasteiger partial charge in [0.1, 0.15) is 6.26 Å². The molecule has 0 fully saturated rings. The van der Waals surface area contributed by atoms with E-state index in [1.165, 1.54) is 12.3 Å². The average molecular weight is 343 g/mol. The quantitative estimate of drug-likeness (QED) is 0.730. The molecule has 24 heavy (non-hydrogen) atoms. The van der Waals surface area contributed by atoms with Gasteiger partial charge in [0.2, 0.25) is 0 Å². The average Bonchev–Trinajstić information content (AvgIpc) is 3.04. The molecule has 7 nitrogen and oxygen atoms in total. The Balaban J connectivity index is 1.87. The lowest BCUT2D eigenvalue weighted by Crippen LogP contribution is -2.37. The fourth-order valence-electron chi connectivity index (χ4n) is 1.73. The van der Waals surface area contributed by atoms with E-state index < -0.39 is 29.7 Å². The van der Waals surface area contributed by atoms with Crippen molar-refractivity contribution in [1.29, 1.82) is 0 Å². The van der Waals surface area contributed by atoms with Crippen molar-refractivity contribution in [1.82, 2.24) is 10.5 Å². The minimum Gasteiger partial charge on any atom is -0.387 e. The van der Waals surface area contributed by atoms with E-state index in [4.69, 9.17) is 0 Å². The SMILES string of the molecule is O=C(NC[C@@H](O)c1ccc(C(F)(F)F)cc1)C(=O)Nc1ccon1. The second kappa shape index (κ2) is 7.13. The summed E-state index contributed by atoms with van der Waals surface area (Å²) in [5.74, 6) is -2.02. The third-order valence-electron chi connectivity index (χ3n) is 2.96. The van der Waals surface area contributed by atoms with E-state index in [1.54, 1.807) is 0 Å². The Morgan fingerprint density at radius 1 is 1.17 bits per heavy atom. The molecule has 0 aliphatic heterocycles. The van der Waals surface area contributed by atoms with Gasteiger partial charge in [-0.2, -0.15) is 13.2 Å². The maximum atomic E-state index is 12.4. The number of nitrogens with zero attached hydrogens (tertiary/aromatic N) is 1. The number of halogens is 3. The van der Waals surface area contributed by atoms with Gasteiger partial charge in [0, 0.05) is 12.6 Å². The van der Waals surface area contributed by atoms with Gasteiger partial charge in [0.05, 0.1) is 11.7 Å². The number of carbonyl (C=O) groups excluding carboxylic acids is 2. The van der Waals surface area contributed by atoms with Crippen molar-refractivity contribution in [2.24, 2.45) is 0 Å². The largest absolute Gasteiger partial charge is 0.416 e. The summed E-state index contributed by atoms with van der Waals surface area (Å²) in [5, 5.41) is 17.5. The molecule has 2 rings (SSSR count). The van der Waals surface area contributed by atoms with Crippen LogP contribution in [0.15, 0.2) is 41.1 Å². The van der Waals surface area contributed by atoms with Crippen molar-refractivity contribution in [3.05, 3.63) is 47.7 Å². The summed E-state index contributed by atoms with van der Waals surface area (Å²) in [6.45, 7) is -0.351. The zero-order chi connectivity index (χ0) is 17.7. The van der Waals surface area contributed by atoms with Gasteiger partial charge < -0.3 is 14.9 Å². The van der Waals surface area contributed by atoms with Crippen molar-refractivity contribution >= 4 is 17.6 Å². The molecule has 0 bridgehead atoms. The number of alkyl halides is 3. The molecule has 2 aromatic rings. The zero-order valence-corrected chi connectivity index (χ0v) is 12.0. The molecule has 2 amide bonds. The Morgan fingerprint density at radius 3 is 2.38 bits per heavy atom. The van der Waals surface area contributed by atoms with Gasteiger partial charge in [0.15, 0.2) is 5.82 Å². The molecule has 0 spiro atoms. The molecule has 1 heterocycles. The fourth-order valence-corrected chi connectivity index (χ4v) is 1.73. The number of aliphatic hydroxyl groups excluding tert-OH is 1. The van der Waals surface area contributed by atoms with E-state index in [0.717, 1.165) is 24.3 Å². The second-order valence-electron chi connectivity index (χ2n) is 4.68. The van der Waals surface area contributed by atoms with Gasteiger partial charge in [-0.3, -0.25) is 14.9 Å². The molecule has 0 aliphatic rings. The fraction of sp³-hybridized carbons (Fsp3) is 0.214. The van der Waals surface area contributed by atoms with Gasteiger partial charge in [-0.1, -0.05) is 17.3 Å². The molecule has 3 N–H and O–H groups in total. The van der Waals surface area contributed by atoms with E-state index in [9.17, 15) is 27.9 Å². The number of hydrogen-bond acceptors (Lipinski definition) is 5. The Hall–Kier alpha value is -2.88. The minimum atomic E-state index is -4.48. The predicted molar refractivity (Wildman–Crippen MR) is 74.5 cm³/mol. The van der Waals surface area contributed by atoms with Crippen LogP contribution in [0.3, 0.4) is 0 Å². The van der Waals surface area contributed by atoms with E-state index in [2.05, 4.69) is 20.3 Å². The number of anilines is 1. The summed E-state index contributed by atoms with van der Waals surface area (Å²) < 4.78 is 41.8. The van der Waals surface area contributed by atoms with E-state index >= 15 is 0 Å². The topological polar surface area (TPSA) is 104 Å². The number of hydrogen-bond donors (Lipinski definition) is 3. The predicted octanol–water partition coefficient (Wildman–Crippen LogP) is 1.48.